The Hall–Kier alpha value is -0.830. The minimum absolute atomic E-state index is 0.0240. The van der Waals surface area contributed by atoms with Gasteiger partial charge in [0.05, 0.1) is 13.6 Å². The van der Waals surface area contributed by atoms with Crippen LogP contribution in [0.25, 0.3) is 0 Å². The molecule has 1 heterocycles. The Labute approximate surface area is 88.4 Å². The van der Waals surface area contributed by atoms with Gasteiger partial charge < -0.3 is 5.32 Å². The van der Waals surface area contributed by atoms with Crippen molar-refractivity contribution in [2.24, 2.45) is 7.05 Å². The highest BCUT2D eigenvalue weighted by atomic mass is 32.2. The Balaban J connectivity index is 2.07. The molecule has 15 heavy (non-hydrogen) atoms. The fourth-order valence-corrected chi connectivity index (χ4v) is 1.31. The van der Waals surface area contributed by atoms with E-state index in [0.29, 0.717) is 12.4 Å². The number of tetrazole rings is 1. The summed E-state index contributed by atoms with van der Waals surface area (Å²) in [6, 6.07) is 0. The lowest BCUT2D eigenvalue weighted by atomic mass is 10.6. The van der Waals surface area contributed by atoms with Gasteiger partial charge in [-0.1, -0.05) is 0 Å². The molecule has 1 aromatic rings. The zero-order valence-electron chi connectivity index (χ0n) is 7.95. The van der Waals surface area contributed by atoms with Crippen LogP contribution in [-0.4, -0.2) is 38.0 Å². The molecule has 0 spiro atoms. The van der Waals surface area contributed by atoms with Crippen LogP contribution < -0.4 is 5.32 Å². The van der Waals surface area contributed by atoms with Gasteiger partial charge in [0, 0.05) is 12.3 Å². The maximum Gasteiger partial charge on any atom is 0.441 e. The van der Waals surface area contributed by atoms with Crippen molar-refractivity contribution in [1.82, 2.24) is 25.5 Å². The minimum Gasteiger partial charge on any atom is -0.309 e. The van der Waals surface area contributed by atoms with Crippen molar-refractivity contribution in [3.8, 4) is 0 Å². The second-order valence-electron chi connectivity index (χ2n) is 2.67. The topological polar surface area (TPSA) is 55.6 Å². The molecular formula is C6H10F3N5S. The van der Waals surface area contributed by atoms with Crippen molar-refractivity contribution in [3.63, 3.8) is 0 Å². The molecular weight excluding hydrogens is 231 g/mol. The number of alkyl halides is 3. The monoisotopic (exact) mass is 241 g/mol. The van der Waals surface area contributed by atoms with Crippen molar-refractivity contribution in [2.45, 2.75) is 12.1 Å². The standard InChI is InChI=1S/C6H10F3N5S/c1-14-12-5(11-13-14)4-10-2-3-15-6(7,8)9/h10H,2-4H2,1H3. The second kappa shape index (κ2) is 5.31. The van der Waals surface area contributed by atoms with Gasteiger partial charge >= 0.3 is 5.51 Å². The van der Waals surface area contributed by atoms with Crippen LogP contribution in [0.4, 0.5) is 13.2 Å². The summed E-state index contributed by atoms with van der Waals surface area (Å²) in [5.74, 6) is 0.443. The summed E-state index contributed by atoms with van der Waals surface area (Å²) in [5, 5.41) is 13.9. The highest BCUT2D eigenvalue weighted by Gasteiger charge is 2.27. The number of hydrogen-bond acceptors (Lipinski definition) is 5. The summed E-state index contributed by atoms with van der Waals surface area (Å²) >= 11 is -0.0502. The molecule has 0 aromatic carbocycles. The Bertz CT molecular complexity index is 299. The van der Waals surface area contributed by atoms with Crippen molar-refractivity contribution in [2.75, 3.05) is 12.3 Å². The number of hydrogen-bond donors (Lipinski definition) is 1. The summed E-state index contributed by atoms with van der Waals surface area (Å²) in [4.78, 5) is 1.29. The molecule has 5 nitrogen and oxygen atoms in total. The van der Waals surface area contributed by atoms with Crippen LogP contribution in [-0.2, 0) is 13.6 Å². The molecule has 86 valence electrons. The molecule has 1 N–H and O–H groups in total. The zero-order chi connectivity index (χ0) is 11.3. The summed E-state index contributed by atoms with van der Waals surface area (Å²) in [7, 11) is 1.62. The third-order valence-electron chi connectivity index (χ3n) is 1.38. The van der Waals surface area contributed by atoms with E-state index < -0.39 is 5.51 Å². The first kappa shape index (κ1) is 12.2. The first-order valence-corrected chi connectivity index (χ1v) is 5.10. The van der Waals surface area contributed by atoms with Gasteiger partial charge in [-0.3, -0.25) is 0 Å². The number of aromatic nitrogens is 4. The molecule has 0 fully saturated rings. The van der Waals surface area contributed by atoms with Crippen LogP contribution in [0, 0.1) is 0 Å². The van der Waals surface area contributed by atoms with E-state index in [1.165, 1.54) is 4.80 Å². The summed E-state index contributed by atoms with van der Waals surface area (Å²) in [6.45, 7) is 0.578. The van der Waals surface area contributed by atoms with Crippen LogP contribution >= 0.6 is 11.8 Å². The SMILES string of the molecule is Cn1nnc(CNCCSC(F)(F)F)n1. The lowest BCUT2D eigenvalue weighted by Crippen LogP contribution is -2.19. The third kappa shape index (κ3) is 5.57. The van der Waals surface area contributed by atoms with E-state index >= 15 is 0 Å². The molecule has 0 saturated carbocycles. The van der Waals surface area contributed by atoms with E-state index in [1.807, 2.05) is 0 Å². The van der Waals surface area contributed by atoms with Gasteiger partial charge in [-0.05, 0) is 17.0 Å². The Morgan fingerprint density at radius 2 is 2.20 bits per heavy atom. The molecule has 1 aromatic heterocycles. The zero-order valence-corrected chi connectivity index (χ0v) is 8.77. The number of aryl methyl sites for hydroxylation is 1. The highest BCUT2D eigenvalue weighted by Crippen LogP contribution is 2.29. The van der Waals surface area contributed by atoms with E-state index in [4.69, 9.17) is 0 Å². The predicted molar refractivity (Wildman–Crippen MR) is 49.0 cm³/mol. The normalized spacial score (nSPS) is 12.0. The van der Waals surface area contributed by atoms with E-state index in [-0.39, 0.29) is 24.1 Å². The lowest BCUT2D eigenvalue weighted by Gasteiger charge is -2.05. The van der Waals surface area contributed by atoms with Gasteiger partial charge in [0.25, 0.3) is 0 Å². The first-order chi connectivity index (χ1) is 6.97. The number of rotatable bonds is 5. The molecule has 0 radical (unpaired) electrons. The number of nitrogens with zero attached hydrogens (tertiary/aromatic N) is 4. The van der Waals surface area contributed by atoms with E-state index in [9.17, 15) is 13.2 Å². The van der Waals surface area contributed by atoms with Gasteiger partial charge in [-0.15, -0.1) is 10.2 Å². The van der Waals surface area contributed by atoms with Crippen LogP contribution in [0.2, 0.25) is 0 Å². The number of halogens is 3. The summed E-state index contributed by atoms with van der Waals surface area (Å²) < 4.78 is 35.1. The molecule has 0 saturated heterocycles. The summed E-state index contributed by atoms with van der Waals surface area (Å²) in [6.07, 6.45) is 0. The quantitative estimate of drug-likeness (QED) is 0.763. The molecule has 9 heteroatoms. The van der Waals surface area contributed by atoms with Crippen molar-refractivity contribution >= 4 is 11.8 Å². The maximum absolute atomic E-state index is 11.7. The minimum atomic E-state index is -4.16. The number of nitrogens with one attached hydrogen (secondary N) is 1. The Morgan fingerprint density at radius 3 is 2.73 bits per heavy atom. The molecule has 1 rings (SSSR count). The molecule has 0 bridgehead atoms. The van der Waals surface area contributed by atoms with E-state index in [2.05, 4.69) is 20.7 Å². The van der Waals surface area contributed by atoms with Crippen LogP contribution in [0.15, 0.2) is 0 Å². The van der Waals surface area contributed by atoms with Gasteiger partial charge in [0.2, 0.25) is 0 Å². The number of thioether (sulfide) groups is 1. The van der Waals surface area contributed by atoms with E-state index in [1.54, 1.807) is 7.05 Å². The van der Waals surface area contributed by atoms with Crippen molar-refractivity contribution in [1.29, 1.82) is 0 Å². The van der Waals surface area contributed by atoms with E-state index in [0.717, 1.165) is 0 Å². The summed E-state index contributed by atoms with van der Waals surface area (Å²) in [5.41, 5.74) is -4.16. The van der Waals surface area contributed by atoms with Gasteiger partial charge in [-0.2, -0.15) is 18.0 Å². The van der Waals surface area contributed by atoms with Crippen LogP contribution in [0.3, 0.4) is 0 Å². The molecule has 0 amide bonds. The molecule has 0 aliphatic rings. The average Bonchev–Trinajstić information content (AvgIpc) is 2.49. The lowest BCUT2D eigenvalue weighted by molar-refractivity contribution is -0.0327. The molecule has 0 unspecified atom stereocenters. The fourth-order valence-electron chi connectivity index (χ4n) is 0.833. The van der Waals surface area contributed by atoms with Crippen LogP contribution in [0.5, 0.6) is 0 Å². The highest BCUT2D eigenvalue weighted by molar-refractivity contribution is 8.00. The van der Waals surface area contributed by atoms with Crippen LogP contribution in [0.1, 0.15) is 5.82 Å². The molecule has 0 aliphatic heterocycles. The van der Waals surface area contributed by atoms with Gasteiger partial charge in [-0.25, -0.2) is 0 Å². The largest absolute Gasteiger partial charge is 0.441 e. The van der Waals surface area contributed by atoms with Gasteiger partial charge in [0.15, 0.2) is 5.82 Å². The maximum atomic E-state index is 11.7. The third-order valence-corrected chi connectivity index (χ3v) is 2.11. The first-order valence-electron chi connectivity index (χ1n) is 4.11. The fraction of sp³-hybridized carbons (Fsp3) is 0.833. The molecule has 0 aliphatic carbocycles. The Kier molecular flexibility index (Phi) is 4.33. The molecule has 0 atom stereocenters. The second-order valence-corrected chi connectivity index (χ2v) is 3.83. The Morgan fingerprint density at radius 1 is 1.47 bits per heavy atom. The van der Waals surface area contributed by atoms with Crippen molar-refractivity contribution in [3.05, 3.63) is 5.82 Å². The van der Waals surface area contributed by atoms with Gasteiger partial charge in [0.1, 0.15) is 0 Å². The van der Waals surface area contributed by atoms with Crippen molar-refractivity contribution < 1.29 is 13.2 Å². The predicted octanol–water partition coefficient (Wildman–Crippen LogP) is 0.553. The average molecular weight is 241 g/mol. The smallest absolute Gasteiger partial charge is 0.309 e.